The molecule has 1 N–H and O–H groups in total. The molecule has 0 heterocycles. The molecular formula is C19H23NO2. The van der Waals surface area contributed by atoms with Crippen LogP contribution in [0.2, 0.25) is 0 Å². The van der Waals surface area contributed by atoms with Gasteiger partial charge in [-0.2, -0.15) is 0 Å². The van der Waals surface area contributed by atoms with Crippen molar-refractivity contribution in [3.63, 3.8) is 0 Å². The van der Waals surface area contributed by atoms with Crippen molar-refractivity contribution in [2.75, 3.05) is 11.9 Å². The minimum Gasteiger partial charge on any atom is -0.493 e. The number of nitrogens with one attached hydrogen (secondary N) is 1. The SMILES string of the molecule is CCOc1ccc(NC(=O)C2(C)CCCC2)c2ccccc12. The zero-order valence-electron chi connectivity index (χ0n) is 13.3. The summed E-state index contributed by atoms with van der Waals surface area (Å²) in [4.78, 5) is 12.6. The molecule has 0 atom stereocenters. The maximum atomic E-state index is 12.6. The number of benzene rings is 2. The lowest BCUT2D eigenvalue weighted by atomic mass is 9.87. The maximum absolute atomic E-state index is 12.6. The van der Waals surface area contributed by atoms with Gasteiger partial charge in [-0.15, -0.1) is 0 Å². The van der Waals surface area contributed by atoms with Crippen LogP contribution in [-0.4, -0.2) is 12.5 Å². The number of amides is 1. The summed E-state index contributed by atoms with van der Waals surface area (Å²) in [5, 5.41) is 5.21. The minimum absolute atomic E-state index is 0.138. The molecule has 0 unspecified atom stereocenters. The molecular weight excluding hydrogens is 274 g/mol. The van der Waals surface area contributed by atoms with E-state index in [0.717, 1.165) is 47.9 Å². The standard InChI is InChI=1S/C19H23NO2/c1-3-22-17-11-10-16(14-8-4-5-9-15(14)17)20-18(21)19(2)12-6-7-13-19/h4-5,8-11H,3,6-7,12-13H2,1-2H3,(H,20,21). The Kier molecular flexibility index (Phi) is 4.06. The number of anilines is 1. The van der Waals surface area contributed by atoms with Crippen molar-refractivity contribution >= 4 is 22.4 Å². The van der Waals surface area contributed by atoms with Crippen LogP contribution in [0.4, 0.5) is 5.69 Å². The van der Waals surface area contributed by atoms with Gasteiger partial charge in [0.05, 0.1) is 6.61 Å². The zero-order chi connectivity index (χ0) is 15.6. The normalized spacial score (nSPS) is 16.6. The van der Waals surface area contributed by atoms with Crippen LogP contribution in [0, 0.1) is 5.41 Å². The van der Waals surface area contributed by atoms with Gasteiger partial charge in [0.2, 0.25) is 5.91 Å². The lowest BCUT2D eigenvalue weighted by Gasteiger charge is -2.23. The molecule has 1 amide bonds. The number of rotatable bonds is 4. The molecule has 1 aliphatic rings. The lowest BCUT2D eigenvalue weighted by molar-refractivity contribution is -0.124. The van der Waals surface area contributed by atoms with Crippen molar-refractivity contribution in [3.05, 3.63) is 36.4 Å². The average Bonchev–Trinajstić information content (AvgIpc) is 2.98. The van der Waals surface area contributed by atoms with Crippen molar-refractivity contribution in [2.24, 2.45) is 5.41 Å². The Morgan fingerprint density at radius 3 is 2.50 bits per heavy atom. The van der Waals surface area contributed by atoms with Gasteiger partial charge in [0.25, 0.3) is 0 Å². The fourth-order valence-electron chi connectivity index (χ4n) is 3.32. The molecule has 3 rings (SSSR count). The van der Waals surface area contributed by atoms with E-state index in [1.807, 2.05) is 43.3 Å². The monoisotopic (exact) mass is 297 g/mol. The van der Waals surface area contributed by atoms with E-state index in [-0.39, 0.29) is 11.3 Å². The van der Waals surface area contributed by atoms with E-state index >= 15 is 0 Å². The summed E-state index contributed by atoms with van der Waals surface area (Å²) in [6, 6.07) is 11.9. The van der Waals surface area contributed by atoms with Gasteiger partial charge in [0.1, 0.15) is 5.75 Å². The van der Waals surface area contributed by atoms with Crippen molar-refractivity contribution < 1.29 is 9.53 Å². The van der Waals surface area contributed by atoms with Gasteiger partial charge in [-0.1, -0.05) is 44.0 Å². The van der Waals surface area contributed by atoms with Crippen LogP contribution in [0.5, 0.6) is 5.75 Å². The third kappa shape index (κ3) is 2.68. The maximum Gasteiger partial charge on any atom is 0.230 e. The fourth-order valence-corrected chi connectivity index (χ4v) is 3.32. The number of hydrogen-bond donors (Lipinski definition) is 1. The second-order valence-electron chi connectivity index (χ2n) is 6.31. The number of carbonyl (C=O) groups is 1. The predicted molar refractivity (Wildman–Crippen MR) is 90.3 cm³/mol. The van der Waals surface area contributed by atoms with Crippen LogP contribution in [0.25, 0.3) is 10.8 Å². The highest BCUT2D eigenvalue weighted by Gasteiger charge is 2.36. The Bertz CT molecular complexity index is 687. The smallest absolute Gasteiger partial charge is 0.230 e. The summed E-state index contributed by atoms with van der Waals surface area (Å²) in [6.07, 6.45) is 4.25. The van der Waals surface area contributed by atoms with Gasteiger partial charge in [-0.3, -0.25) is 4.79 Å². The van der Waals surface area contributed by atoms with Gasteiger partial charge in [-0.05, 0) is 31.9 Å². The zero-order valence-corrected chi connectivity index (χ0v) is 13.3. The molecule has 0 spiro atoms. The minimum atomic E-state index is -0.223. The Hall–Kier alpha value is -2.03. The van der Waals surface area contributed by atoms with Gasteiger partial charge in [0.15, 0.2) is 0 Å². The van der Waals surface area contributed by atoms with Gasteiger partial charge < -0.3 is 10.1 Å². The number of carbonyl (C=O) groups excluding carboxylic acids is 1. The molecule has 22 heavy (non-hydrogen) atoms. The number of ether oxygens (including phenoxy) is 1. The first kappa shape index (κ1) is 14.9. The summed E-state index contributed by atoms with van der Waals surface area (Å²) in [5.74, 6) is 1.00. The topological polar surface area (TPSA) is 38.3 Å². The molecule has 1 fully saturated rings. The van der Waals surface area contributed by atoms with Gasteiger partial charge in [-0.25, -0.2) is 0 Å². The van der Waals surface area contributed by atoms with E-state index < -0.39 is 0 Å². The van der Waals surface area contributed by atoms with Crippen molar-refractivity contribution in [1.29, 1.82) is 0 Å². The Labute approximate surface area is 131 Å². The Morgan fingerprint density at radius 1 is 1.14 bits per heavy atom. The largest absolute Gasteiger partial charge is 0.493 e. The molecule has 2 aromatic carbocycles. The second-order valence-corrected chi connectivity index (χ2v) is 6.31. The summed E-state index contributed by atoms with van der Waals surface area (Å²) < 4.78 is 5.69. The molecule has 3 heteroatoms. The quantitative estimate of drug-likeness (QED) is 0.883. The summed E-state index contributed by atoms with van der Waals surface area (Å²) in [5.41, 5.74) is 0.650. The van der Waals surface area contributed by atoms with Crippen LogP contribution in [0.3, 0.4) is 0 Å². The van der Waals surface area contributed by atoms with Gasteiger partial charge in [0, 0.05) is 21.9 Å². The Balaban J connectivity index is 1.94. The van der Waals surface area contributed by atoms with Crippen LogP contribution in [-0.2, 0) is 4.79 Å². The van der Waals surface area contributed by atoms with E-state index in [2.05, 4.69) is 12.2 Å². The first-order valence-electron chi connectivity index (χ1n) is 8.10. The van der Waals surface area contributed by atoms with Crippen LogP contribution >= 0.6 is 0 Å². The Morgan fingerprint density at radius 2 is 1.82 bits per heavy atom. The van der Waals surface area contributed by atoms with Crippen molar-refractivity contribution in [3.8, 4) is 5.75 Å². The fraction of sp³-hybridized carbons (Fsp3) is 0.421. The molecule has 0 saturated heterocycles. The lowest BCUT2D eigenvalue weighted by Crippen LogP contribution is -2.30. The molecule has 0 aliphatic heterocycles. The molecule has 0 bridgehead atoms. The summed E-state index contributed by atoms with van der Waals surface area (Å²) >= 11 is 0. The van der Waals surface area contributed by atoms with E-state index in [4.69, 9.17) is 4.74 Å². The molecule has 3 nitrogen and oxygen atoms in total. The molecule has 0 aromatic heterocycles. The van der Waals surface area contributed by atoms with E-state index in [1.54, 1.807) is 0 Å². The van der Waals surface area contributed by atoms with Crippen molar-refractivity contribution in [2.45, 2.75) is 39.5 Å². The molecule has 0 radical (unpaired) electrons. The van der Waals surface area contributed by atoms with E-state index in [1.165, 1.54) is 0 Å². The molecule has 1 aliphatic carbocycles. The van der Waals surface area contributed by atoms with Crippen LogP contribution in [0.1, 0.15) is 39.5 Å². The highest BCUT2D eigenvalue weighted by atomic mass is 16.5. The highest BCUT2D eigenvalue weighted by Crippen LogP contribution is 2.39. The van der Waals surface area contributed by atoms with E-state index in [9.17, 15) is 4.79 Å². The molecule has 2 aromatic rings. The molecule has 116 valence electrons. The number of hydrogen-bond acceptors (Lipinski definition) is 2. The van der Waals surface area contributed by atoms with Crippen molar-refractivity contribution in [1.82, 2.24) is 0 Å². The first-order chi connectivity index (χ1) is 10.6. The molecule has 1 saturated carbocycles. The first-order valence-corrected chi connectivity index (χ1v) is 8.10. The van der Waals surface area contributed by atoms with Crippen LogP contribution < -0.4 is 10.1 Å². The third-order valence-electron chi connectivity index (χ3n) is 4.69. The average molecular weight is 297 g/mol. The summed E-state index contributed by atoms with van der Waals surface area (Å²) in [7, 11) is 0. The predicted octanol–water partition coefficient (Wildman–Crippen LogP) is 4.76. The van der Waals surface area contributed by atoms with Gasteiger partial charge >= 0.3 is 0 Å². The van der Waals surface area contributed by atoms with Crippen LogP contribution in [0.15, 0.2) is 36.4 Å². The second kappa shape index (κ2) is 5.99. The van der Waals surface area contributed by atoms with E-state index in [0.29, 0.717) is 6.61 Å². The summed E-state index contributed by atoms with van der Waals surface area (Å²) in [6.45, 7) is 4.69. The highest BCUT2D eigenvalue weighted by molar-refractivity contribution is 6.05. The third-order valence-corrected chi connectivity index (χ3v) is 4.69. The number of fused-ring (bicyclic) bond motifs is 1.